The molecule has 2 aliphatic heterocycles. The van der Waals surface area contributed by atoms with Gasteiger partial charge in [-0.15, -0.1) is 0 Å². The number of rotatable bonds is 0. The van der Waals surface area contributed by atoms with Crippen molar-refractivity contribution in [1.29, 1.82) is 0 Å². The molecule has 4 saturated carbocycles. The predicted molar refractivity (Wildman–Crippen MR) is 337 cm³/mol. The third kappa shape index (κ3) is 44.6. The van der Waals surface area contributed by atoms with E-state index in [1.54, 1.807) is 0 Å². The summed E-state index contributed by atoms with van der Waals surface area (Å²) >= 11 is 0. The summed E-state index contributed by atoms with van der Waals surface area (Å²) in [6.07, 6.45) is 20.2. The van der Waals surface area contributed by atoms with Crippen molar-refractivity contribution in [3.05, 3.63) is 210 Å². The van der Waals surface area contributed by atoms with Crippen LogP contribution in [0, 0.1) is 173 Å². The fourth-order valence-corrected chi connectivity index (χ4v) is 11.3. The van der Waals surface area contributed by atoms with Crippen LogP contribution in [0.5, 0.6) is 0 Å². The number of nitrogens with one attached hydrogen (secondary N) is 8. The van der Waals surface area contributed by atoms with E-state index in [0.717, 1.165) is 97.9 Å². The number of hydrogen-bond acceptors (Lipinski definition) is 30. The van der Waals surface area contributed by atoms with Gasteiger partial charge in [0.05, 0.1) is 76.1 Å². The third-order valence-electron chi connectivity index (χ3n) is 14.9. The molecule has 4 aromatic heterocycles. The van der Waals surface area contributed by atoms with Crippen molar-refractivity contribution in [1.82, 2.24) is 62.5 Å². The van der Waals surface area contributed by atoms with Gasteiger partial charge in [0.1, 0.15) is 0 Å². The van der Waals surface area contributed by atoms with Crippen molar-refractivity contribution in [3.63, 3.8) is 0 Å². The molecule has 6 heterocycles. The van der Waals surface area contributed by atoms with Crippen LogP contribution in [0.2, 0.25) is 0 Å². The van der Waals surface area contributed by atoms with Gasteiger partial charge in [0, 0.05) is 101 Å². The van der Waals surface area contributed by atoms with Crippen molar-refractivity contribution in [2.45, 2.75) is 203 Å². The zero-order valence-electron chi connectivity index (χ0n) is 51.5. The first kappa shape index (κ1) is 94.4. The van der Waals surface area contributed by atoms with Gasteiger partial charge >= 0.3 is 80.8 Å². The zero-order chi connectivity index (χ0) is 64.6. The molecule has 0 aromatic carbocycles. The predicted octanol–water partition coefficient (Wildman–Crippen LogP) is 1.22. The first-order valence-corrected chi connectivity index (χ1v) is 28.6. The maximum Gasteiger partial charge on any atom is 3.00 e. The monoisotopic (exact) mass is 1620 g/mol. The summed E-state index contributed by atoms with van der Waals surface area (Å²) in [5.41, 5.74) is 9.13. The van der Waals surface area contributed by atoms with Crippen molar-refractivity contribution >= 4 is 0 Å². The largest absolute Gasteiger partial charge is 3.00 e. The summed E-state index contributed by atoms with van der Waals surface area (Å²) in [5, 5.41) is 119. The Morgan fingerprint density at radius 1 is 0.245 bits per heavy atom. The van der Waals surface area contributed by atoms with E-state index in [1.165, 1.54) is 103 Å². The van der Waals surface area contributed by atoms with Gasteiger partial charge in [-0.2, -0.15) is 0 Å². The van der Waals surface area contributed by atoms with Crippen molar-refractivity contribution in [3.8, 4) is 0 Å². The first-order chi connectivity index (χ1) is 42.1. The number of pyridine rings is 4. The van der Waals surface area contributed by atoms with Gasteiger partial charge in [0.25, 0.3) is 0 Å². The molecule has 4 fully saturated rings. The van der Waals surface area contributed by atoms with Crippen LogP contribution in [0.1, 0.15) is 148 Å². The van der Waals surface area contributed by atoms with Crippen LogP contribution in [0.15, 0.2) is 72.8 Å². The molecule has 42 heteroatoms. The van der Waals surface area contributed by atoms with Gasteiger partial charge in [-0.3, -0.25) is 19.9 Å². The van der Waals surface area contributed by atoms with Crippen LogP contribution in [0.3, 0.4) is 0 Å². The second-order valence-electron chi connectivity index (χ2n) is 20.9. The number of fused-ring (bicyclic) bond motifs is 12. The van der Waals surface area contributed by atoms with Crippen molar-refractivity contribution < 1.29 is 133 Å². The van der Waals surface area contributed by atoms with Crippen LogP contribution in [0.25, 0.3) is 0 Å². The summed E-state index contributed by atoms with van der Waals surface area (Å²) in [7, 11) is 0. The zero-order valence-corrected chi connectivity index (χ0v) is 56.7. The molecule has 0 unspecified atom stereocenters. The van der Waals surface area contributed by atoms with Crippen LogP contribution in [-0.2, 0) is 74.3 Å². The Hall–Kier alpha value is -6.00. The molecule has 8 bridgehead atoms. The third-order valence-corrected chi connectivity index (χ3v) is 14.9. The van der Waals surface area contributed by atoms with Crippen molar-refractivity contribution in [2.24, 2.45) is 0 Å². The topological polar surface area (TPSA) is 677 Å². The average molecular weight is 1620 g/mol. The summed E-state index contributed by atoms with van der Waals surface area (Å²) in [5.74, 6) is 0. The van der Waals surface area contributed by atoms with Gasteiger partial charge in [0.2, 0.25) is 0 Å². The Kier molecular flexibility index (Phi) is 55.4. The van der Waals surface area contributed by atoms with Crippen molar-refractivity contribution in [2.75, 3.05) is 0 Å². The Morgan fingerprint density at radius 3 is 0.436 bits per heavy atom. The van der Waals surface area contributed by atoms with Gasteiger partial charge in [-0.25, -0.2) is 0 Å². The van der Waals surface area contributed by atoms with E-state index >= 15 is 0 Å². The Labute approximate surface area is 604 Å². The minimum Gasteiger partial charge on any atom is -0.457 e. The second-order valence-corrected chi connectivity index (χ2v) is 20.9. The summed E-state index contributed by atoms with van der Waals surface area (Å²) in [4.78, 5) is 69.3. The Balaban J connectivity index is -0.000000613. The molecule has 0 amide bonds. The first-order valence-electron chi connectivity index (χ1n) is 28.6. The van der Waals surface area contributed by atoms with Gasteiger partial charge in [-0.05, 0) is 99.9 Å². The smallest absolute Gasteiger partial charge is 0.457 e. The van der Waals surface area contributed by atoms with Gasteiger partial charge in [0.15, 0.2) is 0 Å². The molecule has 40 nitrogen and oxygen atoms in total. The van der Waals surface area contributed by atoms with E-state index in [4.69, 9.17) is 112 Å². The quantitative estimate of drug-likeness (QED) is 0.0697. The molecular weight excluding hydrogens is 1530 g/mol. The molecule has 0 saturated heterocycles. The Bertz CT molecular complexity index is 2210. The van der Waals surface area contributed by atoms with Crippen LogP contribution in [0.4, 0.5) is 0 Å². The summed E-state index contributed by atoms with van der Waals surface area (Å²) in [6.45, 7) is 6.65. The molecule has 526 valence electrons. The Morgan fingerprint density at radius 2 is 0.340 bits per heavy atom. The van der Waals surface area contributed by atoms with Gasteiger partial charge < -0.3 is 156 Å². The van der Waals surface area contributed by atoms with E-state index in [0.29, 0.717) is 48.3 Å². The fraction of sp³-hybridized carbons (Fsp3) is 0.615. The maximum atomic E-state index is 8.25. The minimum atomic E-state index is -1.75. The number of hydrogen-bond donors (Lipinski definition) is 8. The molecule has 10 rings (SSSR count). The standard InChI is InChI=1S/2C26H38N6.6NO3.4H2O.2Sm/c2*1-2-12-24-23(11-1)27-15-19-7-5-9-21(31-19)17-29-25-13-3-4-14-26(25)30-18-22-10-6-8-20(32-22)16-28-24;6*2-1(3)4;;;;;;/h2*5-10,23-30H,1-4,11-18H2;;;;;;;4*1H2;;/q;;6*-1;;;;;2*+3/p+4/t2*23-,24-,25-,26-;;;;;;;;;;;;/m11............/s1. The van der Waals surface area contributed by atoms with E-state index in [9.17, 15) is 0 Å². The van der Waals surface area contributed by atoms with Crippen LogP contribution >= 0.6 is 0 Å². The van der Waals surface area contributed by atoms with Crippen LogP contribution in [-0.4, -0.2) is 98.8 Å². The molecule has 2 radical (unpaired) electrons. The minimum absolute atomic E-state index is 0. The molecule has 94 heavy (non-hydrogen) atoms. The molecule has 8 atom stereocenters. The molecule has 0 spiro atoms. The summed E-state index contributed by atoms with van der Waals surface area (Å²) < 4.78 is 0. The van der Waals surface area contributed by atoms with E-state index < -0.39 is 30.5 Å². The average Bonchev–Trinajstić information content (AvgIpc) is 0.890. The molecule has 4 aliphatic carbocycles. The van der Waals surface area contributed by atoms with Crippen LogP contribution < -0.4 is 42.5 Å². The molecule has 4 aromatic rings. The maximum absolute atomic E-state index is 8.25. The normalized spacial score (nSPS) is 21.8. The van der Waals surface area contributed by atoms with Gasteiger partial charge in [-0.1, -0.05) is 75.6 Å². The van der Waals surface area contributed by atoms with E-state index in [2.05, 4.69) is 115 Å². The molecule has 20 N–H and O–H groups in total. The molecular formula is C52H88N18O22Sm2+4. The summed E-state index contributed by atoms with van der Waals surface area (Å²) in [6, 6.07) is 29.7. The second kappa shape index (κ2) is 55.2. The van der Waals surface area contributed by atoms with E-state index in [1.807, 2.05) is 0 Å². The van der Waals surface area contributed by atoms with E-state index in [-0.39, 0.29) is 103 Å². The number of nitrogens with zero attached hydrogens (tertiary/aromatic N) is 10. The fourth-order valence-electron chi connectivity index (χ4n) is 11.3. The SMILES string of the molecule is O=[N+]([O-])[O-].O=[N+]([O-])[O-].O=[N+]([O-])[O-].O=[N+]([O-])[O-].O=[N+]([O-])[O-].O=[N+]([O-])[O-].[OH3+].[OH3+].[OH3+].[OH3+].[Sm+3].[Sm+3].c1cc2nc(c1)CN[C@@H]1CCCC[C@H]1NCc1cccc(n1)CN[C@@H]1CCCC[C@H]1NC2.c1cc2nc(c1)CN[C@@H]1CCCC[C@H]1NCc1cccc(n1)CN[C@@H]1CCCC[C@H]1NC2. The number of aromatic nitrogens is 4. The molecule has 6 aliphatic rings.